The molecule has 28 heavy (non-hydrogen) atoms. The van der Waals surface area contributed by atoms with Crippen molar-refractivity contribution in [3.8, 4) is 17.6 Å². The Balaban J connectivity index is 1.80. The molecule has 0 atom stereocenters. The van der Waals surface area contributed by atoms with Crippen LogP contribution in [0.3, 0.4) is 0 Å². The van der Waals surface area contributed by atoms with Crippen LogP contribution in [-0.4, -0.2) is 7.11 Å². The van der Waals surface area contributed by atoms with Crippen LogP contribution in [0.15, 0.2) is 66.7 Å². The largest absolute Gasteiger partial charge is 0.493 e. The van der Waals surface area contributed by atoms with Crippen LogP contribution in [0.25, 0.3) is 11.6 Å². The summed E-state index contributed by atoms with van der Waals surface area (Å²) in [5, 5.41) is 9.55. The van der Waals surface area contributed by atoms with Crippen molar-refractivity contribution in [3.05, 3.63) is 94.5 Å². The number of rotatable bonds is 6. The number of benzene rings is 3. The van der Waals surface area contributed by atoms with E-state index < -0.39 is 0 Å². The van der Waals surface area contributed by atoms with Crippen molar-refractivity contribution in [2.24, 2.45) is 0 Å². The molecule has 3 aromatic carbocycles. The van der Waals surface area contributed by atoms with Gasteiger partial charge in [-0.15, -0.1) is 0 Å². The van der Waals surface area contributed by atoms with Crippen molar-refractivity contribution >= 4 is 11.6 Å². The smallest absolute Gasteiger partial charge is 0.161 e. The number of nitriles is 1. The third-order valence-electron chi connectivity index (χ3n) is 4.50. The standard InChI is InChI=1S/C25H23NO2/c1-18-4-8-20(9-5-18)17-28-24-13-10-21(15-25(24)27-3)14-23(16-26)22-11-6-19(2)7-12-22/h4-15H,17H2,1-3H3/b23-14+. The minimum absolute atomic E-state index is 0.471. The highest BCUT2D eigenvalue weighted by Crippen LogP contribution is 2.30. The summed E-state index contributed by atoms with van der Waals surface area (Å²) in [6.45, 7) is 4.56. The van der Waals surface area contributed by atoms with Crippen molar-refractivity contribution in [1.82, 2.24) is 0 Å². The quantitative estimate of drug-likeness (QED) is 0.398. The van der Waals surface area contributed by atoms with Crippen LogP contribution in [0, 0.1) is 25.2 Å². The predicted octanol–water partition coefficient (Wildman–Crippen LogP) is 5.96. The van der Waals surface area contributed by atoms with Crippen LogP contribution in [0.5, 0.6) is 11.5 Å². The monoisotopic (exact) mass is 369 g/mol. The Labute approximate surface area is 166 Å². The number of ether oxygens (including phenoxy) is 2. The number of hydrogen-bond acceptors (Lipinski definition) is 3. The van der Waals surface area contributed by atoms with Gasteiger partial charge in [-0.2, -0.15) is 5.26 Å². The van der Waals surface area contributed by atoms with Gasteiger partial charge in [0.1, 0.15) is 6.61 Å². The first kappa shape index (κ1) is 19.3. The van der Waals surface area contributed by atoms with Gasteiger partial charge in [0.15, 0.2) is 11.5 Å². The molecule has 0 bridgehead atoms. The number of hydrogen-bond donors (Lipinski definition) is 0. The first-order valence-corrected chi connectivity index (χ1v) is 9.14. The first-order valence-electron chi connectivity index (χ1n) is 9.14. The molecule has 0 aliphatic rings. The van der Waals surface area contributed by atoms with Crippen molar-refractivity contribution < 1.29 is 9.47 Å². The molecule has 0 fully saturated rings. The van der Waals surface area contributed by atoms with E-state index in [1.54, 1.807) is 7.11 Å². The van der Waals surface area contributed by atoms with Gasteiger partial charge < -0.3 is 9.47 Å². The summed E-state index contributed by atoms with van der Waals surface area (Å²) in [5.41, 5.74) is 5.87. The lowest BCUT2D eigenvalue weighted by molar-refractivity contribution is 0.284. The van der Waals surface area contributed by atoms with Gasteiger partial charge >= 0.3 is 0 Å². The molecule has 3 rings (SSSR count). The van der Waals surface area contributed by atoms with Crippen molar-refractivity contribution in [2.45, 2.75) is 20.5 Å². The average molecular weight is 369 g/mol. The third kappa shape index (κ3) is 4.81. The van der Waals surface area contributed by atoms with Crippen molar-refractivity contribution in [2.75, 3.05) is 7.11 Å². The summed E-state index contributed by atoms with van der Waals surface area (Å²) in [5.74, 6) is 1.32. The molecule has 3 aromatic rings. The Morgan fingerprint density at radius 3 is 2.14 bits per heavy atom. The van der Waals surface area contributed by atoms with Gasteiger partial charge in [-0.3, -0.25) is 0 Å². The summed E-state index contributed by atoms with van der Waals surface area (Å²) in [4.78, 5) is 0. The molecule has 140 valence electrons. The summed E-state index contributed by atoms with van der Waals surface area (Å²) < 4.78 is 11.4. The van der Waals surface area contributed by atoms with Crippen LogP contribution < -0.4 is 9.47 Å². The van der Waals surface area contributed by atoms with E-state index in [2.05, 4.69) is 37.3 Å². The molecule has 0 unspecified atom stereocenters. The second-order valence-electron chi connectivity index (χ2n) is 6.72. The minimum Gasteiger partial charge on any atom is -0.493 e. The molecule has 0 aliphatic heterocycles. The van der Waals surface area contributed by atoms with Gasteiger partial charge in [-0.1, -0.05) is 65.7 Å². The number of allylic oxidation sites excluding steroid dienone is 1. The minimum atomic E-state index is 0.471. The van der Waals surface area contributed by atoms with E-state index in [9.17, 15) is 5.26 Å². The normalized spacial score (nSPS) is 11.0. The Bertz CT molecular complexity index is 1010. The predicted molar refractivity (Wildman–Crippen MR) is 113 cm³/mol. The maximum Gasteiger partial charge on any atom is 0.161 e. The summed E-state index contributed by atoms with van der Waals surface area (Å²) >= 11 is 0. The van der Waals surface area contributed by atoms with Crippen LogP contribution in [0.4, 0.5) is 0 Å². The van der Waals surface area contributed by atoms with E-state index >= 15 is 0 Å². The lowest BCUT2D eigenvalue weighted by atomic mass is 10.0. The molecule has 3 heteroatoms. The number of aryl methyl sites for hydroxylation is 2. The van der Waals surface area contributed by atoms with Gasteiger partial charge in [0.05, 0.1) is 18.8 Å². The van der Waals surface area contributed by atoms with Crippen molar-refractivity contribution in [3.63, 3.8) is 0 Å². The van der Waals surface area contributed by atoms with E-state index in [-0.39, 0.29) is 0 Å². The number of nitrogens with zero attached hydrogens (tertiary/aromatic N) is 1. The SMILES string of the molecule is COc1cc(/C=C(\C#N)c2ccc(C)cc2)ccc1OCc1ccc(C)cc1. The van der Waals surface area contributed by atoms with Gasteiger partial charge in [-0.25, -0.2) is 0 Å². The summed E-state index contributed by atoms with van der Waals surface area (Å²) in [6.07, 6.45) is 1.86. The van der Waals surface area contributed by atoms with E-state index in [1.807, 2.05) is 55.5 Å². The molecule has 0 radical (unpaired) electrons. The molecular formula is C25H23NO2. The Morgan fingerprint density at radius 2 is 1.54 bits per heavy atom. The fraction of sp³-hybridized carbons (Fsp3) is 0.160. The molecule has 0 amide bonds. The summed E-state index contributed by atoms with van der Waals surface area (Å²) in [7, 11) is 1.62. The van der Waals surface area contributed by atoms with Crippen LogP contribution in [0.1, 0.15) is 27.8 Å². The maximum atomic E-state index is 9.55. The van der Waals surface area contributed by atoms with E-state index in [4.69, 9.17) is 9.47 Å². The average Bonchev–Trinajstić information content (AvgIpc) is 2.72. The van der Waals surface area contributed by atoms with E-state index in [0.717, 1.165) is 22.3 Å². The zero-order valence-corrected chi connectivity index (χ0v) is 16.4. The molecule has 3 nitrogen and oxygen atoms in total. The fourth-order valence-electron chi connectivity index (χ4n) is 2.82. The topological polar surface area (TPSA) is 42.2 Å². The maximum absolute atomic E-state index is 9.55. The highest BCUT2D eigenvalue weighted by atomic mass is 16.5. The van der Waals surface area contributed by atoms with Gasteiger partial charge in [-0.05, 0) is 48.7 Å². The van der Waals surface area contributed by atoms with Gasteiger partial charge in [0, 0.05) is 0 Å². The highest BCUT2D eigenvalue weighted by Gasteiger charge is 2.07. The highest BCUT2D eigenvalue weighted by molar-refractivity contribution is 5.89. The zero-order chi connectivity index (χ0) is 19.9. The first-order chi connectivity index (χ1) is 13.6. The molecule has 0 N–H and O–H groups in total. The molecule has 0 aliphatic carbocycles. The third-order valence-corrected chi connectivity index (χ3v) is 4.50. The Kier molecular flexibility index (Phi) is 6.14. The molecule has 0 saturated heterocycles. The molecular weight excluding hydrogens is 346 g/mol. The lowest BCUT2D eigenvalue weighted by Gasteiger charge is -2.12. The van der Waals surface area contributed by atoms with Crippen LogP contribution >= 0.6 is 0 Å². The molecule has 0 spiro atoms. The van der Waals surface area contributed by atoms with E-state index in [1.165, 1.54) is 5.56 Å². The van der Waals surface area contributed by atoms with Gasteiger partial charge in [0.25, 0.3) is 0 Å². The molecule has 0 aromatic heterocycles. The van der Waals surface area contributed by atoms with Gasteiger partial charge in [0.2, 0.25) is 0 Å². The second kappa shape index (κ2) is 8.92. The number of methoxy groups -OCH3 is 1. The van der Waals surface area contributed by atoms with Crippen LogP contribution in [-0.2, 0) is 6.61 Å². The fourth-order valence-corrected chi connectivity index (χ4v) is 2.82. The molecule has 0 heterocycles. The zero-order valence-electron chi connectivity index (χ0n) is 16.4. The van der Waals surface area contributed by atoms with E-state index in [0.29, 0.717) is 23.7 Å². The Morgan fingerprint density at radius 1 is 0.893 bits per heavy atom. The van der Waals surface area contributed by atoms with Crippen molar-refractivity contribution in [1.29, 1.82) is 5.26 Å². The second-order valence-corrected chi connectivity index (χ2v) is 6.72. The Hall–Kier alpha value is -3.51. The lowest BCUT2D eigenvalue weighted by Crippen LogP contribution is -1.98. The van der Waals surface area contributed by atoms with Crippen LogP contribution in [0.2, 0.25) is 0 Å². The summed E-state index contributed by atoms with van der Waals surface area (Å²) in [6, 6.07) is 24.1. The molecule has 0 saturated carbocycles.